The lowest BCUT2D eigenvalue weighted by Gasteiger charge is -2.10. The van der Waals surface area contributed by atoms with Gasteiger partial charge in [0, 0.05) is 19.4 Å². The molecular formula is C14H10BrIN2. The molecule has 90 valence electrons. The first-order valence-electron chi connectivity index (χ1n) is 5.33. The van der Waals surface area contributed by atoms with E-state index >= 15 is 0 Å². The summed E-state index contributed by atoms with van der Waals surface area (Å²) in [7, 11) is 0. The molecule has 2 aromatic carbocycles. The van der Waals surface area contributed by atoms with E-state index in [1.165, 1.54) is 9.13 Å². The standard InChI is InChI=1S/C14H10BrIN2/c1-9-2-4-11(16)6-14(9)18-12-5-3-10(8-17)13(15)7-12/h2-7,18H,1H3. The SMILES string of the molecule is Cc1ccc(I)cc1Nc1ccc(C#N)c(Br)c1. The van der Waals surface area contributed by atoms with E-state index in [1.807, 2.05) is 12.1 Å². The van der Waals surface area contributed by atoms with Crippen LogP contribution in [-0.4, -0.2) is 0 Å². The monoisotopic (exact) mass is 412 g/mol. The lowest BCUT2D eigenvalue weighted by molar-refractivity contribution is 1.41. The maximum absolute atomic E-state index is 8.88. The zero-order chi connectivity index (χ0) is 13.1. The van der Waals surface area contributed by atoms with Gasteiger partial charge in [-0.3, -0.25) is 0 Å². The molecule has 0 aliphatic heterocycles. The van der Waals surface area contributed by atoms with Crippen molar-refractivity contribution in [3.63, 3.8) is 0 Å². The first-order chi connectivity index (χ1) is 8.60. The molecule has 0 aliphatic rings. The van der Waals surface area contributed by atoms with Gasteiger partial charge in [0.05, 0.1) is 5.56 Å². The summed E-state index contributed by atoms with van der Waals surface area (Å²) in [5.74, 6) is 0. The molecule has 0 aliphatic carbocycles. The molecule has 2 nitrogen and oxygen atoms in total. The summed E-state index contributed by atoms with van der Waals surface area (Å²) in [4.78, 5) is 0. The van der Waals surface area contributed by atoms with E-state index in [9.17, 15) is 0 Å². The summed E-state index contributed by atoms with van der Waals surface area (Å²) >= 11 is 5.68. The molecule has 0 saturated carbocycles. The van der Waals surface area contributed by atoms with Gasteiger partial charge in [0.25, 0.3) is 0 Å². The fourth-order valence-electron chi connectivity index (χ4n) is 1.57. The number of halogens is 2. The van der Waals surface area contributed by atoms with Crippen molar-refractivity contribution in [1.29, 1.82) is 5.26 Å². The molecule has 0 bridgehead atoms. The molecule has 0 saturated heterocycles. The number of nitrogens with one attached hydrogen (secondary N) is 1. The van der Waals surface area contributed by atoms with Crippen molar-refractivity contribution in [3.8, 4) is 6.07 Å². The molecule has 0 atom stereocenters. The number of rotatable bonds is 2. The fourth-order valence-corrected chi connectivity index (χ4v) is 2.53. The van der Waals surface area contributed by atoms with E-state index in [0.29, 0.717) is 5.56 Å². The van der Waals surface area contributed by atoms with Crippen LogP contribution in [0, 0.1) is 21.8 Å². The van der Waals surface area contributed by atoms with Gasteiger partial charge in [0.1, 0.15) is 6.07 Å². The van der Waals surface area contributed by atoms with Crippen LogP contribution in [0.1, 0.15) is 11.1 Å². The van der Waals surface area contributed by atoms with Gasteiger partial charge in [-0.05, 0) is 81.3 Å². The maximum atomic E-state index is 8.88. The molecule has 1 N–H and O–H groups in total. The summed E-state index contributed by atoms with van der Waals surface area (Å²) in [5, 5.41) is 12.2. The Morgan fingerprint density at radius 3 is 2.67 bits per heavy atom. The smallest absolute Gasteiger partial charge is 0.100 e. The normalized spacial score (nSPS) is 9.89. The number of nitrogens with zero attached hydrogens (tertiary/aromatic N) is 1. The van der Waals surface area contributed by atoms with Crippen molar-refractivity contribution < 1.29 is 0 Å². The van der Waals surface area contributed by atoms with Crippen LogP contribution >= 0.6 is 38.5 Å². The quantitative estimate of drug-likeness (QED) is 0.706. The van der Waals surface area contributed by atoms with Crippen molar-refractivity contribution in [1.82, 2.24) is 0 Å². The minimum Gasteiger partial charge on any atom is -0.355 e. The highest BCUT2D eigenvalue weighted by molar-refractivity contribution is 14.1. The fraction of sp³-hybridized carbons (Fsp3) is 0.0714. The number of aryl methyl sites for hydroxylation is 1. The molecule has 0 unspecified atom stereocenters. The predicted molar refractivity (Wildman–Crippen MR) is 86.0 cm³/mol. The second kappa shape index (κ2) is 5.72. The average molecular weight is 413 g/mol. The van der Waals surface area contributed by atoms with Gasteiger partial charge < -0.3 is 5.32 Å². The van der Waals surface area contributed by atoms with Gasteiger partial charge in [0.2, 0.25) is 0 Å². The molecule has 18 heavy (non-hydrogen) atoms. The van der Waals surface area contributed by atoms with Crippen LogP contribution in [0.25, 0.3) is 0 Å². The highest BCUT2D eigenvalue weighted by Gasteiger charge is 2.03. The number of benzene rings is 2. The Morgan fingerprint density at radius 1 is 1.22 bits per heavy atom. The van der Waals surface area contributed by atoms with Crippen LogP contribution in [0.4, 0.5) is 11.4 Å². The highest BCUT2D eigenvalue weighted by atomic mass is 127. The van der Waals surface area contributed by atoms with Crippen molar-refractivity contribution in [2.45, 2.75) is 6.92 Å². The van der Waals surface area contributed by atoms with E-state index in [4.69, 9.17) is 5.26 Å². The Labute approximate surface area is 128 Å². The Balaban J connectivity index is 2.32. The number of hydrogen-bond acceptors (Lipinski definition) is 2. The third kappa shape index (κ3) is 3.03. The first-order valence-corrected chi connectivity index (χ1v) is 7.20. The van der Waals surface area contributed by atoms with Crippen molar-refractivity contribution in [2.24, 2.45) is 0 Å². The molecule has 4 heteroatoms. The van der Waals surface area contributed by atoms with Gasteiger partial charge in [0.15, 0.2) is 0 Å². The maximum Gasteiger partial charge on any atom is 0.100 e. The highest BCUT2D eigenvalue weighted by Crippen LogP contribution is 2.26. The lowest BCUT2D eigenvalue weighted by atomic mass is 10.2. The lowest BCUT2D eigenvalue weighted by Crippen LogP contribution is -1.94. The Morgan fingerprint density at radius 2 is 2.00 bits per heavy atom. The second-order valence-electron chi connectivity index (χ2n) is 3.89. The number of hydrogen-bond donors (Lipinski definition) is 1. The minimum absolute atomic E-state index is 0.639. The molecule has 0 fully saturated rings. The van der Waals surface area contributed by atoms with Gasteiger partial charge in [-0.25, -0.2) is 0 Å². The van der Waals surface area contributed by atoms with Crippen molar-refractivity contribution in [2.75, 3.05) is 5.32 Å². The summed E-state index contributed by atoms with van der Waals surface area (Å²) in [6.45, 7) is 2.07. The van der Waals surface area contributed by atoms with Crippen LogP contribution in [-0.2, 0) is 0 Å². The summed E-state index contributed by atoms with van der Waals surface area (Å²) in [6, 6.07) is 14.0. The molecule has 2 rings (SSSR count). The first kappa shape index (κ1) is 13.4. The molecular weight excluding hydrogens is 403 g/mol. The predicted octanol–water partition coefficient (Wildman–Crippen LogP) is 4.98. The topological polar surface area (TPSA) is 35.8 Å². The minimum atomic E-state index is 0.639. The van der Waals surface area contributed by atoms with Crippen LogP contribution in [0.2, 0.25) is 0 Å². The van der Waals surface area contributed by atoms with Crippen molar-refractivity contribution >= 4 is 49.9 Å². The molecule has 0 radical (unpaired) electrons. The third-order valence-electron chi connectivity index (χ3n) is 2.57. The van der Waals surface area contributed by atoms with Crippen LogP contribution in [0.15, 0.2) is 40.9 Å². The second-order valence-corrected chi connectivity index (χ2v) is 5.99. The zero-order valence-electron chi connectivity index (χ0n) is 9.67. The Kier molecular flexibility index (Phi) is 4.25. The van der Waals surface area contributed by atoms with Gasteiger partial charge >= 0.3 is 0 Å². The average Bonchev–Trinajstić information content (AvgIpc) is 2.34. The van der Waals surface area contributed by atoms with Crippen molar-refractivity contribution in [3.05, 3.63) is 55.6 Å². The van der Waals surface area contributed by atoms with Gasteiger partial charge in [-0.2, -0.15) is 5.26 Å². The van der Waals surface area contributed by atoms with Crippen LogP contribution < -0.4 is 5.32 Å². The number of nitriles is 1. The summed E-state index contributed by atoms with van der Waals surface area (Å²) in [5.41, 5.74) is 3.88. The molecule has 2 aromatic rings. The largest absolute Gasteiger partial charge is 0.355 e. The van der Waals surface area contributed by atoms with E-state index < -0.39 is 0 Å². The number of anilines is 2. The van der Waals surface area contributed by atoms with Crippen LogP contribution in [0.3, 0.4) is 0 Å². The Hall–Kier alpha value is -1.06. The van der Waals surface area contributed by atoms with Gasteiger partial charge in [-0.1, -0.05) is 6.07 Å². The van der Waals surface area contributed by atoms with E-state index in [2.05, 4.69) is 75.0 Å². The van der Waals surface area contributed by atoms with E-state index in [1.54, 1.807) is 6.07 Å². The van der Waals surface area contributed by atoms with E-state index in [-0.39, 0.29) is 0 Å². The molecule has 0 aromatic heterocycles. The summed E-state index contributed by atoms with van der Waals surface area (Å²) in [6.07, 6.45) is 0. The van der Waals surface area contributed by atoms with Crippen LogP contribution in [0.5, 0.6) is 0 Å². The van der Waals surface area contributed by atoms with E-state index in [0.717, 1.165) is 15.8 Å². The zero-order valence-corrected chi connectivity index (χ0v) is 13.4. The molecule has 0 spiro atoms. The molecule has 0 amide bonds. The third-order valence-corrected chi connectivity index (χ3v) is 3.90. The molecule has 0 heterocycles. The summed E-state index contributed by atoms with van der Waals surface area (Å²) < 4.78 is 1.99. The van der Waals surface area contributed by atoms with Gasteiger partial charge in [-0.15, -0.1) is 0 Å². The Bertz CT molecular complexity index is 632.